The van der Waals surface area contributed by atoms with Crippen molar-refractivity contribution in [3.63, 3.8) is 0 Å². The summed E-state index contributed by atoms with van der Waals surface area (Å²) in [5.41, 5.74) is 5.21. The van der Waals surface area contributed by atoms with Gasteiger partial charge in [-0.3, -0.25) is 24.0 Å². The van der Waals surface area contributed by atoms with Crippen LogP contribution >= 0.6 is 0 Å². The number of rotatable bonds is 8. The normalized spacial score (nSPS) is 17.8. The van der Waals surface area contributed by atoms with Crippen molar-refractivity contribution in [3.8, 4) is 0 Å². The Morgan fingerprint density at radius 2 is 2.04 bits per heavy atom. The lowest BCUT2D eigenvalue weighted by Crippen LogP contribution is -2.48. The summed E-state index contributed by atoms with van der Waals surface area (Å²) in [5.74, 6) is 0.0977. The molecule has 1 aromatic rings. The maximum Gasteiger partial charge on any atom is 0.330 e. The van der Waals surface area contributed by atoms with Crippen molar-refractivity contribution < 1.29 is 4.79 Å². The molecule has 0 saturated carbocycles. The Balaban J connectivity index is 2.40. The Morgan fingerprint density at radius 1 is 1.32 bits per heavy atom. The van der Waals surface area contributed by atoms with Gasteiger partial charge in [-0.1, -0.05) is 33.6 Å². The second kappa shape index (κ2) is 9.91. The van der Waals surface area contributed by atoms with Crippen LogP contribution in [0.5, 0.6) is 0 Å². The second-order valence-electron chi connectivity index (χ2n) is 8.21. The Kier molecular flexibility index (Phi) is 7.86. The van der Waals surface area contributed by atoms with E-state index in [1.807, 2.05) is 20.8 Å². The average Bonchev–Trinajstić information content (AvgIpc) is 2.63. The zero-order chi connectivity index (χ0) is 20.8. The van der Waals surface area contributed by atoms with E-state index in [9.17, 15) is 14.4 Å². The van der Waals surface area contributed by atoms with E-state index in [0.717, 1.165) is 32.2 Å². The molecule has 158 valence electrons. The number of nitrogens with zero attached hydrogens (tertiary/aromatic N) is 3. The third kappa shape index (κ3) is 5.25. The van der Waals surface area contributed by atoms with E-state index in [4.69, 9.17) is 5.73 Å². The fourth-order valence-electron chi connectivity index (χ4n) is 3.71. The molecule has 28 heavy (non-hydrogen) atoms. The molecule has 1 fully saturated rings. The highest BCUT2D eigenvalue weighted by Crippen LogP contribution is 2.21. The molecule has 2 heterocycles. The van der Waals surface area contributed by atoms with Crippen molar-refractivity contribution in [2.75, 3.05) is 30.3 Å². The number of anilines is 2. The molecule has 0 bridgehead atoms. The Bertz CT molecular complexity index is 783. The van der Waals surface area contributed by atoms with E-state index >= 15 is 0 Å². The average molecular weight is 394 g/mol. The molecule has 0 aromatic carbocycles. The second-order valence-corrected chi connectivity index (χ2v) is 8.21. The lowest BCUT2D eigenvalue weighted by molar-refractivity contribution is -0.120. The predicted molar refractivity (Wildman–Crippen MR) is 113 cm³/mol. The number of aromatic nitrogens is 2. The van der Waals surface area contributed by atoms with Gasteiger partial charge in [-0.25, -0.2) is 4.79 Å². The van der Waals surface area contributed by atoms with Crippen LogP contribution < -0.4 is 21.9 Å². The van der Waals surface area contributed by atoms with Crippen molar-refractivity contribution in [1.29, 1.82) is 0 Å². The molecule has 0 unspecified atom stereocenters. The van der Waals surface area contributed by atoms with Gasteiger partial charge in [0.25, 0.3) is 5.56 Å². The number of carbonyl (C=O) groups is 1. The van der Waals surface area contributed by atoms with Gasteiger partial charge in [0.1, 0.15) is 5.82 Å². The van der Waals surface area contributed by atoms with E-state index < -0.39 is 11.2 Å². The molecule has 3 N–H and O–H groups in total. The fraction of sp³-hybridized carbons (Fsp3) is 0.750. The number of carbonyl (C=O) groups excluding carboxylic acids is 1. The predicted octanol–water partition coefficient (Wildman–Crippen LogP) is 1.78. The number of piperidine rings is 1. The first-order chi connectivity index (χ1) is 13.3. The minimum Gasteiger partial charge on any atom is -0.383 e. The minimum absolute atomic E-state index is 0.0681. The Morgan fingerprint density at radius 3 is 2.64 bits per heavy atom. The van der Waals surface area contributed by atoms with Gasteiger partial charge in [0.15, 0.2) is 5.69 Å². The van der Waals surface area contributed by atoms with E-state index in [-0.39, 0.29) is 29.9 Å². The maximum atomic E-state index is 13.2. The zero-order valence-corrected chi connectivity index (χ0v) is 17.7. The first-order valence-corrected chi connectivity index (χ1v) is 10.4. The van der Waals surface area contributed by atoms with E-state index in [0.29, 0.717) is 19.1 Å². The number of nitrogen functional groups attached to an aromatic ring is 1. The molecular formula is C20H35N5O3. The van der Waals surface area contributed by atoms with Crippen molar-refractivity contribution >= 4 is 17.4 Å². The van der Waals surface area contributed by atoms with Crippen LogP contribution in [-0.4, -0.2) is 46.0 Å². The number of aromatic amines is 1. The molecule has 8 heteroatoms. The topological polar surface area (TPSA) is 104 Å². The van der Waals surface area contributed by atoms with Crippen LogP contribution in [0.3, 0.4) is 0 Å². The molecule has 0 aliphatic carbocycles. The van der Waals surface area contributed by atoms with Crippen LogP contribution in [-0.2, 0) is 11.3 Å². The lowest BCUT2D eigenvalue weighted by atomic mass is 10.0. The number of unbranched alkanes of at least 4 members (excludes halogenated alkanes) is 1. The van der Waals surface area contributed by atoms with Gasteiger partial charge >= 0.3 is 5.69 Å². The third-order valence-electron chi connectivity index (χ3n) is 5.35. The summed E-state index contributed by atoms with van der Waals surface area (Å²) >= 11 is 0. The molecule has 0 radical (unpaired) electrons. The van der Waals surface area contributed by atoms with Crippen LogP contribution in [0.1, 0.15) is 59.8 Å². The lowest BCUT2D eigenvalue weighted by Gasteiger charge is -2.34. The molecule has 1 saturated heterocycles. The summed E-state index contributed by atoms with van der Waals surface area (Å²) in [7, 11) is 0. The summed E-state index contributed by atoms with van der Waals surface area (Å²) in [6.07, 6.45) is 4.97. The summed E-state index contributed by atoms with van der Waals surface area (Å²) in [5, 5.41) is 0. The number of H-pyrrole nitrogens is 1. The van der Waals surface area contributed by atoms with Gasteiger partial charge in [0, 0.05) is 19.1 Å². The van der Waals surface area contributed by atoms with Crippen molar-refractivity contribution in [1.82, 2.24) is 14.5 Å². The monoisotopic (exact) mass is 393 g/mol. The number of hydrogen-bond donors (Lipinski definition) is 2. The molecule has 0 spiro atoms. The largest absolute Gasteiger partial charge is 0.383 e. The standard InChI is InChI=1S/C20H35N5O3/c1-5-6-11-24(16(26)13-23-10-8-7-9-15(23)4)17-18(21)25(12-14(2)3)20(28)22-19(17)27/h14-15H,5-13,21H2,1-4H3,(H,22,27,28)/t15-/m1/s1. The van der Waals surface area contributed by atoms with E-state index in [2.05, 4.69) is 16.8 Å². The molecule has 1 amide bonds. The number of nitrogens with one attached hydrogen (secondary N) is 1. The highest BCUT2D eigenvalue weighted by molar-refractivity contribution is 5.96. The van der Waals surface area contributed by atoms with Crippen LogP contribution in [0.4, 0.5) is 11.5 Å². The quantitative estimate of drug-likeness (QED) is 0.700. The number of hydrogen-bond acceptors (Lipinski definition) is 5. The number of amides is 1. The van der Waals surface area contributed by atoms with E-state index in [1.54, 1.807) is 0 Å². The van der Waals surface area contributed by atoms with Crippen molar-refractivity contribution in [3.05, 3.63) is 20.8 Å². The zero-order valence-electron chi connectivity index (χ0n) is 17.7. The van der Waals surface area contributed by atoms with Crippen LogP contribution in [0, 0.1) is 5.92 Å². The van der Waals surface area contributed by atoms with Crippen LogP contribution in [0.2, 0.25) is 0 Å². The first kappa shape index (κ1) is 22.2. The Hall–Kier alpha value is -2.09. The van der Waals surface area contributed by atoms with Crippen molar-refractivity contribution in [2.24, 2.45) is 5.92 Å². The molecular weight excluding hydrogens is 358 g/mol. The van der Waals surface area contributed by atoms with Gasteiger partial charge in [-0.05, 0) is 38.6 Å². The molecule has 1 aliphatic rings. The van der Waals surface area contributed by atoms with Crippen LogP contribution in [0.25, 0.3) is 0 Å². The SMILES string of the molecule is CCCCN(C(=O)CN1CCCC[C@H]1C)c1c(N)n(CC(C)C)c(=O)[nH]c1=O. The smallest absolute Gasteiger partial charge is 0.330 e. The summed E-state index contributed by atoms with van der Waals surface area (Å²) < 4.78 is 1.36. The van der Waals surface area contributed by atoms with E-state index in [1.165, 1.54) is 15.9 Å². The van der Waals surface area contributed by atoms with Crippen molar-refractivity contribution in [2.45, 2.75) is 72.4 Å². The van der Waals surface area contributed by atoms with Gasteiger partial charge in [-0.2, -0.15) is 0 Å². The molecule has 1 atom stereocenters. The minimum atomic E-state index is -0.598. The highest BCUT2D eigenvalue weighted by atomic mass is 16.2. The van der Waals surface area contributed by atoms with Gasteiger partial charge in [-0.15, -0.1) is 0 Å². The third-order valence-corrected chi connectivity index (χ3v) is 5.35. The molecule has 2 rings (SSSR count). The molecule has 1 aromatic heterocycles. The number of nitrogens with two attached hydrogens (primary N) is 1. The van der Waals surface area contributed by atoms with Gasteiger partial charge in [0.05, 0.1) is 6.54 Å². The van der Waals surface area contributed by atoms with Crippen LogP contribution in [0.15, 0.2) is 9.59 Å². The highest BCUT2D eigenvalue weighted by Gasteiger charge is 2.27. The molecule has 8 nitrogen and oxygen atoms in total. The van der Waals surface area contributed by atoms with Gasteiger partial charge in [0.2, 0.25) is 5.91 Å². The first-order valence-electron chi connectivity index (χ1n) is 10.4. The Labute approximate surface area is 166 Å². The maximum absolute atomic E-state index is 13.2. The molecule has 1 aliphatic heterocycles. The summed E-state index contributed by atoms with van der Waals surface area (Å²) in [6.45, 7) is 10.0. The number of likely N-dealkylation sites (tertiary alicyclic amines) is 1. The van der Waals surface area contributed by atoms with Gasteiger partial charge < -0.3 is 10.6 Å². The summed E-state index contributed by atoms with van der Waals surface area (Å²) in [4.78, 5) is 44.0. The summed E-state index contributed by atoms with van der Waals surface area (Å²) in [6, 6.07) is 0.344. The fourth-order valence-corrected chi connectivity index (χ4v) is 3.71.